The van der Waals surface area contributed by atoms with Gasteiger partial charge in [-0.05, 0) is 37.6 Å². The molecule has 0 fully saturated rings. The van der Waals surface area contributed by atoms with Crippen LogP contribution in [-0.2, 0) is 12.8 Å². The van der Waals surface area contributed by atoms with Crippen LogP contribution >= 0.6 is 0 Å². The maximum Gasteiger partial charge on any atom is 0.0687 e. The third kappa shape index (κ3) is 0.946. The Morgan fingerprint density at radius 1 is 1.45 bits per heavy atom. The largest absolute Gasteiger partial charge is 0.264 e. The first-order chi connectivity index (χ1) is 5.42. The summed E-state index contributed by atoms with van der Waals surface area (Å²) in [7, 11) is 0. The number of hydrogen-bond acceptors (Lipinski definition) is 2. The lowest BCUT2D eigenvalue weighted by Crippen LogP contribution is -1.86. The molecule has 1 aromatic heterocycles. The Bertz CT molecular complexity index is 292. The Hall–Kier alpha value is -1.18. The highest BCUT2D eigenvalue weighted by Gasteiger charge is 2.14. The van der Waals surface area contributed by atoms with Gasteiger partial charge in [0.15, 0.2) is 0 Å². The maximum absolute atomic E-state index is 4.28. The summed E-state index contributed by atoms with van der Waals surface area (Å²) >= 11 is 0. The van der Waals surface area contributed by atoms with Gasteiger partial charge in [-0.1, -0.05) is 0 Å². The summed E-state index contributed by atoms with van der Waals surface area (Å²) in [6.45, 7) is 3.53. The normalized spacial score (nSPS) is 14.5. The standard InChI is InChI=1S/C9H10N2/c1-10-8-5-6-11-9-4-2-3-7(8)9/h5-6H,1-4H2. The fourth-order valence-electron chi connectivity index (χ4n) is 1.59. The number of pyridine rings is 1. The Balaban J connectivity index is 2.58. The Morgan fingerprint density at radius 2 is 2.36 bits per heavy atom. The zero-order chi connectivity index (χ0) is 7.68. The number of fused-ring (bicyclic) bond motifs is 1. The molecule has 0 aromatic carbocycles. The minimum absolute atomic E-state index is 1.02. The quantitative estimate of drug-likeness (QED) is 0.555. The van der Waals surface area contributed by atoms with E-state index in [9.17, 15) is 0 Å². The minimum Gasteiger partial charge on any atom is -0.264 e. The molecule has 1 heterocycles. The predicted octanol–water partition coefficient (Wildman–Crippen LogP) is 1.90. The van der Waals surface area contributed by atoms with E-state index in [1.165, 1.54) is 17.7 Å². The molecule has 2 rings (SSSR count). The second kappa shape index (κ2) is 2.46. The molecule has 0 unspecified atom stereocenters. The van der Waals surface area contributed by atoms with Gasteiger partial charge in [-0.25, -0.2) is 0 Å². The summed E-state index contributed by atoms with van der Waals surface area (Å²) in [6.07, 6.45) is 5.26. The molecule has 1 aliphatic carbocycles. The van der Waals surface area contributed by atoms with Crippen LogP contribution in [0.2, 0.25) is 0 Å². The molecular formula is C9H10N2. The van der Waals surface area contributed by atoms with E-state index < -0.39 is 0 Å². The van der Waals surface area contributed by atoms with Gasteiger partial charge >= 0.3 is 0 Å². The van der Waals surface area contributed by atoms with Crippen molar-refractivity contribution in [2.24, 2.45) is 4.99 Å². The molecule has 0 saturated heterocycles. The first-order valence-corrected chi connectivity index (χ1v) is 3.85. The van der Waals surface area contributed by atoms with Gasteiger partial charge in [-0.15, -0.1) is 0 Å². The van der Waals surface area contributed by atoms with E-state index in [2.05, 4.69) is 16.7 Å². The van der Waals surface area contributed by atoms with Gasteiger partial charge in [0.2, 0.25) is 0 Å². The van der Waals surface area contributed by atoms with Crippen molar-refractivity contribution in [3.63, 3.8) is 0 Å². The Morgan fingerprint density at radius 3 is 3.18 bits per heavy atom. The summed E-state index contributed by atoms with van der Waals surface area (Å²) in [5, 5.41) is 0. The average Bonchev–Trinajstić information content (AvgIpc) is 2.50. The van der Waals surface area contributed by atoms with E-state index in [0.29, 0.717) is 0 Å². The molecule has 0 aliphatic heterocycles. The average molecular weight is 146 g/mol. The monoisotopic (exact) mass is 146 g/mol. The molecule has 0 radical (unpaired) electrons. The third-order valence-electron chi connectivity index (χ3n) is 2.13. The van der Waals surface area contributed by atoms with Crippen molar-refractivity contribution in [1.29, 1.82) is 0 Å². The maximum atomic E-state index is 4.28. The van der Waals surface area contributed by atoms with E-state index in [0.717, 1.165) is 18.5 Å². The molecule has 0 spiro atoms. The number of aryl methyl sites for hydroxylation is 1. The molecule has 11 heavy (non-hydrogen) atoms. The minimum atomic E-state index is 1.02. The van der Waals surface area contributed by atoms with E-state index in [1.54, 1.807) is 0 Å². The number of hydrogen-bond donors (Lipinski definition) is 0. The first kappa shape index (κ1) is 6.53. The van der Waals surface area contributed by atoms with E-state index in [-0.39, 0.29) is 0 Å². The van der Waals surface area contributed by atoms with Crippen molar-refractivity contribution in [1.82, 2.24) is 4.98 Å². The topological polar surface area (TPSA) is 25.2 Å². The zero-order valence-electron chi connectivity index (χ0n) is 6.38. The van der Waals surface area contributed by atoms with Crippen molar-refractivity contribution in [2.75, 3.05) is 0 Å². The van der Waals surface area contributed by atoms with E-state index in [4.69, 9.17) is 0 Å². The molecule has 0 N–H and O–H groups in total. The van der Waals surface area contributed by atoms with Gasteiger partial charge in [0.05, 0.1) is 5.69 Å². The summed E-state index contributed by atoms with van der Waals surface area (Å²) in [5.41, 5.74) is 3.55. The predicted molar refractivity (Wildman–Crippen MR) is 45.5 cm³/mol. The van der Waals surface area contributed by atoms with Crippen LogP contribution in [0.4, 0.5) is 5.69 Å². The highest BCUT2D eigenvalue weighted by molar-refractivity contribution is 5.53. The van der Waals surface area contributed by atoms with Crippen molar-refractivity contribution < 1.29 is 0 Å². The van der Waals surface area contributed by atoms with Crippen LogP contribution in [0.1, 0.15) is 17.7 Å². The van der Waals surface area contributed by atoms with E-state index in [1.807, 2.05) is 12.3 Å². The van der Waals surface area contributed by atoms with Crippen molar-refractivity contribution in [2.45, 2.75) is 19.3 Å². The molecule has 56 valence electrons. The fraction of sp³-hybridized carbons (Fsp3) is 0.333. The van der Waals surface area contributed by atoms with Crippen molar-refractivity contribution >= 4 is 12.4 Å². The number of aromatic nitrogens is 1. The molecule has 0 atom stereocenters. The molecule has 1 aliphatic rings. The van der Waals surface area contributed by atoms with E-state index >= 15 is 0 Å². The lowest BCUT2D eigenvalue weighted by atomic mass is 10.2. The van der Waals surface area contributed by atoms with Gasteiger partial charge < -0.3 is 0 Å². The number of rotatable bonds is 1. The van der Waals surface area contributed by atoms with Crippen LogP contribution in [0.5, 0.6) is 0 Å². The van der Waals surface area contributed by atoms with Gasteiger partial charge in [-0.2, -0.15) is 0 Å². The van der Waals surface area contributed by atoms with Crippen molar-refractivity contribution in [3.8, 4) is 0 Å². The highest BCUT2D eigenvalue weighted by atomic mass is 14.8. The molecule has 2 heteroatoms. The highest BCUT2D eigenvalue weighted by Crippen LogP contribution is 2.28. The smallest absolute Gasteiger partial charge is 0.0687 e. The number of nitrogens with zero attached hydrogens (tertiary/aromatic N) is 2. The second-order valence-electron chi connectivity index (χ2n) is 2.77. The fourth-order valence-corrected chi connectivity index (χ4v) is 1.59. The summed E-state index contributed by atoms with van der Waals surface area (Å²) in [6, 6.07) is 1.93. The lowest BCUT2D eigenvalue weighted by Gasteiger charge is -1.99. The third-order valence-corrected chi connectivity index (χ3v) is 2.13. The van der Waals surface area contributed by atoms with Crippen LogP contribution in [0, 0.1) is 0 Å². The van der Waals surface area contributed by atoms with Gasteiger partial charge in [-0.3, -0.25) is 9.98 Å². The molecule has 1 aromatic rings. The van der Waals surface area contributed by atoms with Gasteiger partial charge in [0.25, 0.3) is 0 Å². The van der Waals surface area contributed by atoms with Crippen LogP contribution in [0.3, 0.4) is 0 Å². The zero-order valence-corrected chi connectivity index (χ0v) is 6.38. The molecule has 0 amide bonds. The molecule has 2 nitrogen and oxygen atoms in total. The van der Waals surface area contributed by atoms with Crippen LogP contribution in [0.15, 0.2) is 17.3 Å². The first-order valence-electron chi connectivity index (χ1n) is 3.85. The van der Waals surface area contributed by atoms with Crippen LogP contribution < -0.4 is 0 Å². The van der Waals surface area contributed by atoms with Crippen LogP contribution in [-0.4, -0.2) is 11.7 Å². The summed E-state index contributed by atoms with van der Waals surface area (Å²) < 4.78 is 0. The second-order valence-corrected chi connectivity index (χ2v) is 2.77. The Labute approximate surface area is 66.0 Å². The Kier molecular flexibility index (Phi) is 1.46. The molecule has 0 bridgehead atoms. The lowest BCUT2D eigenvalue weighted by molar-refractivity contribution is 0.899. The SMILES string of the molecule is C=Nc1ccnc2c1CCC2. The number of aliphatic imine (C=N–C) groups is 1. The van der Waals surface area contributed by atoms with Gasteiger partial charge in [0, 0.05) is 11.9 Å². The summed E-state index contributed by atoms with van der Waals surface area (Å²) in [4.78, 5) is 8.23. The van der Waals surface area contributed by atoms with Gasteiger partial charge in [0.1, 0.15) is 0 Å². The molecular weight excluding hydrogens is 136 g/mol. The van der Waals surface area contributed by atoms with Crippen molar-refractivity contribution in [3.05, 3.63) is 23.5 Å². The van der Waals surface area contributed by atoms with Crippen LogP contribution in [0.25, 0.3) is 0 Å². The molecule has 0 saturated carbocycles. The summed E-state index contributed by atoms with van der Waals surface area (Å²) in [5.74, 6) is 0.